The second-order valence-electron chi connectivity index (χ2n) is 8.44. The monoisotopic (exact) mass is 478 g/mol. The number of ether oxygens (including phenoxy) is 1. The highest BCUT2D eigenvalue weighted by molar-refractivity contribution is 7.92. The maximum Gasteiger partial charge on any atom is 0.264 e. The van der Waals surface area contributed by atoms with Gasteiger partial charge in [0.25, 0.3) is 10.0 Å². The predicted octanol–water partition coefficient (Wildman–Crippen LogP) is 4.78. The van der Waals surface area contributed by atoms with Crippen LogP contribution in [0.15, 0.2) is 77.7 Å². The summed E-state index contributed by atoms with van der Waals surface area (Å²) in [7, 11) is -4.02. The molecule has 1 atom stereocenters. The summed E-state index contributed by atoms with van der Waals surface area (Å²) in [6.45, 7) is 3.76. The van der Waals surface area contributed by atoms with Gasteiger partial charge in [0.05, 0.1) is 23.2 Å². The zero-order valence-electron chi connectivity index (χ0n) is 19.5. The van der Waals surface area contributed by atoms with Gasteiger partial charge in [-0.3, -0.25) is 9.10 Å². The van der Waals surface area contributed by atoms with Gasteiger partial charge >= 0.3 is 0 Å². The summed E-state index contributed by atoms with van der Waals surface area (Å²) in [5.41, 5.74) is 3.62. The van der Waals surface area contributed by atoms with Crippen molar-refractivity contribution in [3.63, 3.8) is 0 Å². The molecule has 1 N–H and O–H groups in total. The maximum absolute atomic E-state index is 13.7. The van der Waals surface area contributed by atoms with E-state index < -0.39 is 10.0 Å². The van der Waals surface area contributed by atoms with Crippen molar-refractivity contribution in [3.05, 3.63) is 89.5 Å². The van der Waals surface area contributed by atoms with Crippen molar-refractivity contribution in [2.75, 3.05) is 17.5 Å². The van der Waals surface area contributed by atoms with Crippen LogP contribution in [0.25, 0.3) is 0 Å². The number of hydrogen-bond donors (Lipinski definition) is 1. The number of nitrogens with one attached hydrogen (secondary N) is 1. The van der Waals surface area contributed by atoms with Gasteiger partial charge in [0.2, 0.25) is 5.91 Å². The Balaban J connectivity index is 1.67. The average Bonchev–Trinajstić information content (AvgIpc) is 2.84. The first-order valence-electron chi connectivity index (χ1n) is 11.6. The summed E-state index contributed by atoms with van der Waals surface area (Å²) < 4.78 is 34.3. The largest absolute Gasteiger partial charge is 0.492 e. The van der Waals surface area contributed by atoms with Crippen LogP contribution in [0.1, 0.15) is 42.5 Å². The highest BCUT2D eigenvalue weighted by Gasteiger charge is 2.30. The fraction of sp³-hybridized carbons (Fsp3) is 0.296. The number of amides is 1. The molecule has 1 aliphatic rings. The van der Waals surface area contributed by atoms with Gasteiger partial charge in [0, 0.05) is 0 Å². The van der Waals surface area contributed by atoms with Crippen LogP contribution in [0.5, 0.6) is 5.75 Å². The van der Waals surface area contributed by atoms with Crippen molar-refractivity contribution in [3.8, 4) is 5.75 Å². The molecule has 0 radical (unpaired) electrons. The minimum atomic E-state index is -4.02. The number of benzene rings is 3. The molecule has 0 spiro atoms. The lowest BCUT2D eigenvalue weighted by molar-refractivity contribution is -0.120. The lowest BCUT2D eigenvalue weighted by atomic mass is 9.88. The number of anilines is 1. The molecule has 0 aliphatic heterocycles. The van der Waals surface area contributed by atoms with Crippen molar-refractivity contribution in [1.82, 2.24) is 5.32 Å². The number of carbonyl (C=O) groups excluding carboxylic acids is 1. The van der Waals surface area contributed by atoms with Crippen LogP contribution >= 0.6 is 0 Å². The van der Waals surface area contributed by atoms with Gasteiger partial charge in [-0.2, -0.15) is 0 Å². The lowest BCUT2D eigenvalue weighted by Gasteiger charge is -2.29. The van der Waals surface area contributed by atoms with E-state index in [4.69, 9.17) is 4.74 Å². The molecule has 3 aromatic rings. The van der Waals surface area contributed by atoms with Crippen LogP contribution in [-0.2, 0) is 21.2 Å². The quantitative estimate of drug-likeness (QED) is 0.505. The molecule has 0 fully saturated rings. The Kier molecular flexibility index (Phi) is 7.22. The molecule has 34 heavy (non-hydrogen) atoms. The van der Waals surface area contributed by atoms with Crippen LogP contribution in [-0.4, -0.2) is 27.5 Å². The molecule has 7 heteroatoms. The van der Waals surface area contributed by atoms with Gasteiger partial charge in [-0.15, -0.1) is 0 Å². The van der Waals surface area contributed by atoms with Crippen molar-refractivity contribution < 1.29 is 17.9 Å². The highest BCUT2D eigenvalue weighted by atomic mass is 32.2. The first kappa shape index (κ1) is 23.8. The van der Waals surface area contributed by atoms with Gasteiger partial charge < -0.3 is 10.1 Å². The third-order valence-corrected chi connectivity index (χ3v) is 7.81. The normalized spacial score (nSPS) is 15.3. The number of sulfonamides is 1. The van der Waals surface area contributed by atoms with Gasteiger partial charge in [-0.05, 0) is 68.5 Å². The van der Waals surface area contributed by atoms with Gasteiger partial charge in [0.15, 0.2) is 0 Å². The number of aryl methyl sites for hydroxylation is 2. The van der Waals surface area contributed by atoms with E-state index in [1.165, 1.54) is 5.56 Å². The predicted molar refractivity (Wildman–Crippen MR) is 134 cm³/mol. The molecule has 3 aromatic carbocycles. The van der Waals surface area contributed by atoms with E-state index in [1.54, 1.807) is 48.5 Å². The average molecular weight is 479 g/mol. The van der Waals surface area contributed by atoms with E-state index in [0.29, 0.717) is 18.0 Å². The topological polar surface area (TPSA) is 75.7 Å². The Morgan fingerprint density at radius 3 is 2.50 bits per heavy atom. The summed E-state index contributed by atoms with van der Waals surface area (Å²) in [5, 5.41) is 3.07. The van der Waals surface area contributed by atoms with E-state index in [0.717, 1.165) is 34.7 Å². The van der Waals surface area contributed by atoms with Crippen LogP contribution in [0.4, 0.5) is 5.69 Å². The van der Waals surface area contributed by atoms with Gasteiger partial charge in [0.1, 0.15) is 12.3 Å². The second kappa shape index (κ2) is 10.3. The SMILES string of the molecule is CCOc1ccccc1N(CC(=O)N[C@H]1CCCc2ccccc21)S(=O)(=O)c1ccc(C)cc1. The molecule has 0 saturated heterocycles. The number of carbonyl (C=O) groups is 1. The Morgan fingerprint density at radius 2 is 1.74 bits per heavy atom. The number of nitrogens with zero attached hydrogens (tertiary/aromatic N) is 1. The number of hydrogen-bond acceptors (Lipinski definition) is 4. The standard InChI is InChI=1S/C27H30N2O4S/c1-3-33-26-14-7-6-13-25(26)29(34(31,32)22-17-15-20(2)16-18-22)19-27(30)28-24-12-8-10-21-9-4-5-11-23(21)24/h4-7,9,11,13-18,24H,3,8,10,12,19H2,1-2H3,(H,28,30)/t24-/m0/s1. The van der Waals surface area contributed by atoms with Crippen LogP contribution < -0.4 is 14.4 Å². The molecule has 0 unspecified atom stereocenters. The molecular formula is C27H30N2O4S. The van der Waals surface area contributed by atoms with Crippen molar-refractivity contribution in [1.29, 1.82) is 0 Å². The molecule has 6 nitrogen and oxygen atoms in total. The smallest absolute Gasteiger partial charge is 0.264 e. The lowest BCUT2D eigenvalue weighted by Crippen LogP contribution is -2.42. The Bertz CT molecular complexity index is 1260. The van der Waals surface area contributed by atoms with E-state index in [2.05, 4.69) is 11.4 Å². The van der Waals surface area contributed by atoms with E-state index in [1.807, 2.05) is 32.0 Å². The molecule has 0 saturated carbocycles. The first-order chi connectivity index (χ1) is 16.4. The second-order valence-corrected chi connectivity index (χ2v) is 10.3. The molecule has 178 valence electrons. The molecule has 0 aromatic heterocycles. The summed E-state index contributed by atoms with van der Waals surface area (Å²) in [6.07, 6.45) is 2.78. The van der Waals surface area contributed by atoms with E-state index >= 15 is 0 Å². The van der Waals surface area contributed by atoms with Crippen molar-refractivity contribution in [2.45, 2.75) is 44.0 Å². The van der Waals surface area contributed by atoms with Crippen LogP contribution in [0.3, 0.4) is 0 Å². The van der Waals surface area contributed by atoms with Gasteiger partial charge in [-0.25, -0.2) is 8.42 Å². The van der Waals surface area contributed by atoms with Crippen LogP contribution in [0, 0.1) is 6.92 Å². The summed E-state index contributed by atoms with van der Waals surface area (Å²) >= 11 is 0. The maximum atomic E-state index is 13.7. The summed E-state index contributed by atoms with van der Waals surface area (Å²) in [6, 6.07) is 21.5. The summed E-state index contributed by atoms with van der Waals surface area (Å²) in [4.78, 5) is 13.4. The fourth-order valence-electron chi connectivity index (χ4n) is 4.35. The minimum absolute atomic E-state index is 0.125. The Morgan fingerprint density at radius 1 is 1.03 bits per heavy atom. The molecule has 1 aliphatic carbocycles. The molecule has 1 amide bonds. The van der Waals surface area contributed by atoms with E-state index in [9.17, 15) is 13.2 Å². The number of para-hydroxylation sites is 2. The molecule has 0 heterocycles. The number of rotatable bonds is 8. The highest BCUT2D eigenvalue weighted by Crippen LogP contribution is 2.33. The van der Waals surface area contributed by atoms with Crippen molar-refractivity contribution in [2.24, 2.45) is 0 Å². The Labute approximate surface area is 201 Å². The van der Waals surface area contributed by atoms with E-state index in [-0.39, 0.29) is 23.4 Å². The number of fused-ring (bicyclic) bond motifs is 1. The Hall–Kier alpha value is -3.32. The van der Waals surface area contributed by atoms with Crippen LogP contribution in [0.2, 0.25) is 0 Å². The zero-order valence-corrected chi connectivity index (χ0v) is 20.3. The molecular weight excluding hydrogens is 448 g/mol. The fourth-order valence-corrected chi connectivity index (χ4v) is 5.78. The minimum Gasteiger partial charge on any atom is -0.492 e. The third-order valence-electron chi connectivity index (χ3n) is 6.03. The first-order valence-corrected chi connectivity index (χ1v) is 13.0. The van der Waals surface area contributed by atoms with Gasteiger partial charge in [-0.1, -0.05) is 54.1 Å². The molecule has 4 rings (SSSR count). The summed E-state index contributed by atoms with van der Waals surface area (Å²) in [5.74, 6) is 0.0557. The molecule has 0 bridgehead atoms. The third kappa shape index (κ3) is 5.09. The van der Waals surface area contributed by atoms with Crippen molar-refractivity contribution >= 4 is 21.6 Å². The zero-order chi connectivity index (χ0) is 24.1.